The van der Waals surface area contributed by atoms with Gasteiger partial charge in [0.25, 0.3) is 0 Å². The molecule has 0 unspecified atom stereocenters. The zero-order valence-electron chi connectivity index (χ0n) is 47.6. The van der Waals surface area contributed by atoms with E-state index in [-0.39, 0.29) is 0 Å². The van der Waals surface area contributed by atoms with Gasteiger partial charge in [-0.2, -0.15) is 0 Å². The fraction of sp³-hybridized carbons (Fsp3) is 1.00. The highest BCUT2D eigenvalue weighted by Crippen LogP contribution is 2.49. The van der Waals surface area contributed by atoms with E-state index in [1.807, 2.05) is 0 Å². The lowest BCUT2D eigenvalue weighted by Crippen LogP contribution is -2.31. The molecule has 0 aliphatic heterocycles. The van der Waals surface area contributed by atoms with Gasteiger partial charge in [0.1, 0.15) is 0 Å². The summed E-state index contributed by atoms with van der Waals surface area (Å²) in [7, 11) is -3.75. The molecule has 0 saturated heterocycles. The van der Waals surface area contributed by atoms with Gasteiger partial charge in [0.05, 0.1) is 19.8 Å². The Labute approximate surface area is 428 Å². The Morgan fingerprint density at radius 3 is 0.529 bits per heavy atom. The highest BCUT2D eigenvalue weighted by molar-refractivity contribution is 7.48. The summed E-state index contributed by atoms with van der Waals surface area (Å²) in [6, 6.07) is 0. The van der Waals surface area contributed by atoms with Crippen molar-refractivity contribution in [1.82, 2.24) is 14.7 Å². The molecular formula is C60H126N3O4P. The molecule has 0 atom stereocenters. The second kappa shape index (κ2) is 56.3. The molecule has 410 valence electrons. The molecule has 7 nitrogen and oxygen atoms in total. The molecule has 68 heavy (non-hydrogen) atoms. The van der Waals surface area contributed by atoms with Crippen LogP contribution in [0.15, 0.2) is 0 Å². The molecular weight excluding hydrogens is 858 g/mol. The van der Waals surface area contributed by atoms with Gasteiger partial charge in [-0.05, 0) is 77.8 Å². The summed E-state index contributed by atoms with van der Waals surface area (Å²) in [4.78, 5) is 7.75. The van der Waals surface area contributed by atoms with Crippen LogP contribution >= 0.6 is 7.82 Å². The lowest BCUT2D eigenvalue weighted by Gasteiger charge is -2.27. The minimum Gasteiger partial charge on any atom is -0.301 e. The second-order valence-electron chi connectivity index (χ2n) is 21.2. The predicted octanol–water partition coefficient (Wildman–Crippen LogP) is 19.6. The number of rotatable bonds is 60. The molecule has 0 aliphatic carbocycles. The Balaban J connectivity index is 5.82. The maximum absolute atomic E-state index is 14.7. The molecule has 0 aromatic heterocycles. The summed E-state index contributed by atoms with van der Waals surface area (Å²) in [5.74, 6) is 0. The van der Waals surface area contributed by atoms with Gasteiger partial charge >= 0.3 is 7.82 Å². The average molecular weight is 985 g/mol. The molecule has 0 radical (unpaired) electrons. The van der Waals surface area contributed by atoms with Gasteiger partial charge in [0.15, 0.2) is 0 Å². The van der Waals surface area contributed by atoms with Crippen molar-refractivity contribution in [3.05, 3.63) is 0 Å². The van der Waals surface area contributed by atoms with Crippen LogP contribution in [0.1, 0.15) is 311 Å². The summed E-state index contributed by atoms with van der Waals surface area (Å²) in [5, 5.41) is 0. The molecule has 0 heterocycles. The maximum atomic E-state index is 14.7. The summed E-state index contributed by atoms with van der Waals surface area (Å²) in [5.41, 5.74) is 0. The van der Waals surface area contributed by atoms with Crippen molar-refractivity contribution >= 4 is 7.82 Å². The average Bonchev–Trinajstić information content (AvgIpc) is 3.34. The Hall–Kier alpha value is -0.0100. The molecule has 0 bridgehead atoms. The molecule has 0 amide bonds. The number of unbranched alkanes of at least 4 members (excludes halogenated alkanes) is 36. The molecule has 0 spiro atoms. The van der Waals surface area contributed by atoms with Crippen LogP contribution in [-0.2, 0) is 18.1 Å². The zero-order valence-corrected chi connectivity index (χ0v) is 48.5. The number of phosphoric acid groups is 1. The van der Waals surface area contributed by atoms with Gasteiger partial charge in [0.2, 0.25) is 0 Å². The normalized spacial score (nSPS) is 12.2. The van der Waals surface area contributed by atoms with Crippen LogP contribution in [0.2, 0.25) is 0 Å². The minimum atomic E-state index is -3.75. The van der Waals surface area contributed by atoms with Gasteiger partial charge in [0, 0.05) is 19.6 Å². The first-order valence-electron chi connectivity index (χ1n) is 31.2. The highest BCUT2D eigenvalue weighted by atomic mass is 31.2. The van der Waals surface area contributed by atoms with E-state index in [9.17, 15) is 4.57 Å². The minimum absolute atomic E-state index is 0.393. The van der Waals surface area contributed by atoms with E-state index >= 15 is 0 Å². The standard InChI is InChI=1S/C60H126N3O4P/c1-7-13-19-25-31-37-43-49-61(50-44-38-32-26-20-14-8-2)55-58-65-68(64,66-59-56-62(51-45-39-33-27-21-15-9-3)52-46-40-34-28-22-16-10-4)67-60-57-63(53-47-41-35-29-23-17-11-5)54-48-42-36-30-24-18-12-6/h7-60H2,1-6H3. The van der Waals surface area contributed by atoms with Crippen LogP contribution in [0.3, 0.4) is 0 Å². The Bertz CT molecular complexity index is 818. The molecule has 0 saturated carbocycles. The first-order chi connectivity index (χ1) is 33.5. The van der Waals surface area contributed by atoms with E-state index < -0.39 is 7.82 Å². The largest absolute Gasteiger partial charge is 0.474 e. The van der Waals surface area contributed by atoms with E-state index in [1.165, 1.54) is 270 Å². The number of hydrogen-bond acceptors (Lipinski definition) is 7. The number of hydrogen-bond donors (Lipinski definition) is 0. The smallest absolute Gasteiger partial charge is 0.301 e. The van der Waals surface area contributed by atoms with Crippen LogP contribution in [0.5, 0.6) is 0 Å². The quantitative estimate of drug-likeness (QED) is 0.0444. The van der Waals surface area contributed by atoms with Gasteiger partial charge in [-0.25, -0.2) is 4.57 Å². The third-order valence-electron chi connectivity index (χ3n) is 14.4. The van der Waals surface area contributed by atoms with Gasteiger partial charge in [-0.1, -0.05) is 273 Å². The highest BCUT2D eigenvalue weighted by Gasteiger charge is 2.28. The van der Waals surface area contributed by atoms with Crippen molar-refractivity contribution in [3.63, 3.8) is 0 Å². The molecule has 0 aliphatic rings. The Morgan fingerprint density at radius 1 is 0.221 bits per heavy atom. The molecule has 0 aromatic rings. The lowest BCUT2D eigenvalue weighted by molar-refractivity contribution is 0.0836. The summed E-state index contributed by atoms with van der Waals surface area (Å²) in [6.07, 6.45) is 55.5. The van der Waals surface area contributed by atoms with Crippen molar-refractivity contribution < 1.29 is 18.1 Å². The fourth-order valence-corrected chi connectivity index (χ4v) is 10.9. The lowest BCUT2D eigenvalue weighted by atomic mass is 10.1. The molecule has 0 rings (SSSR count). The first-order valence-corrected chi connectivity index (χ1v) is 32.6. The Kier molecular flexibility index (Phi) is 56.3. The number of nitrogens with zero attached hydrogens (tertiary/aromatic N) is 3. The van der Waals surface area contributed by atoms with E-state index in [4.69, 9.17) is 13.6 Å². The van der Waals surface area contributed by atoms with Crippen molar-refractivity contribution in [2.45, 2.75) is 311 Å². The SMILES string of the molecule is CCCCCCCCCN(CCCCCCCCC)CCOP(=O)(OCCN(CCCCCCCCC)CCCCCCCCC)OCCN(CCCCCCCCC)CCCCCCCCC. The van der Waals surface area contributed by atoms with Crippen molar-refractivity contribution in [1.29, 1.82) is 0 Å². The van der Waals surface area contributed by atoms with Crippen LogP contribution in [0, 0.1) is 0 Å². The maximum Gasteiger partial charge on any atom is 0.474 e. The molecule has 0 fully saturated rings. The van der Waals surface area contributed by atoms with E-state index in [2.05, 4.69) is 56.2 Å². The fourth-order valence-electron chi connectivity index (χ4n) is 9.72. The second-order valence-corrected chi connectivity index (χ2v) is 22.9. The molecule has 0 aromatic carbocycles. The topological polar surface area (TPSA) is 54.5 Å². The first kappa shape index (κ1) is 68.0. The van der Waals surface area contributed by atoms with Crippen LogP contribution < -0.4 is 0 Å². The predicted molar refractivity (Wildman–Crippen MR) is 303 cm³/mol. The van der Waals surface area contributed by atoms with Crippen molar-refractivity contribution in [2.75, 3.05) is 78.7 Å². The van der Waals surface area contributed by atoms with Gasteiger partial charge < -0.3 is 14.7 Å². The summed E-state index contributed by atoms with van der Waals surface area (Å²) < 4.78 is 33.9. The van der Waals surface area contributed by atoms with E-state index in [1.54, 1.807) is 0 Å². The van der Waals surface area contributed by atoms with Gasteiger partial charge in [-0.3, -0.25) is 13.6 Å². The number of phosphoric ester groups is 1. The molecule has 8 heteroatoms. The summed E-state index contributed by atoms with van der Waals surface area (Å²) >= 11 is 0. The third-order valence-corrected chi connectivity index (χ3v) is 15.9. The zero-order chi connectivity index (χ0) is 49.5. The van der Waals surface area contributed by atoms with Gasteiger partial charge in [-0.15, -0.1) is 0 Å². The van der Waals surface area contributed by atoms with Crippen molar-refractivity contribution in [3.8, 4) is 0 Å². The monoisotopic (exact) mass is 984 g/mol. The third kappa shape index (κ3) is 49.6. The van der Waals surface area contributed by atoms with E-state index in [0.29, 0.717) is 19.8 Å². The van der Waals surface area contributed by atoms with Crippen LogP contribution in [0.25, 0.3) is 0 Å². The van der Waals surface area contributed by atoms with Crippen LogP contribution in [-0.4, -0.2) is 93.4 Å². The van der Waals surface area contributed by atoms with E-state index in [0.717, 1.165) is 58.9 Å². The Morgan fingerprint density at radius 2 is 0.368 bits per heavy atom. The van der Waals surface area contributed by atoms with Crippen molar-refractivity contribution in [2.24, 2.45) is 0 Å². The summed E-state index contributed by atoms with van der Waals surface area (Å²) in [6.45, 7) is 23.9. The van der Waals surface area contributed by atoms with Crippen LogP contribution in [0.4, 0.5) is 0 Å². The molecule has 0 N–H and O–H groups in total.